The van der Waals surface area contributed by atoms with Crippen LogP contribution in [-0.2, 0) is 18.3 Å². The number of anilines is 1. The lowest BCUT2D eigenvalue weighted by atomic mass is 10.0. The second kappa shape index (κ2) is 8.79. The van der Waals surface area contributed by atoms with Gasteiger partial charge in [0.25, 0.3) is 5.56 Å². The van der Waals surface area contributed by atoms with Gasteiger partial charge in [0.15, 0.2) is 11.2 Å². The Morgan fingerprint density at radius 1 is 1.24 bits per heavy atom. The molecule has 0 unspecified atom stereocenters. The van der Waals surface area contributed by atoms with Crippen molar-refractivity contribution >= 4 is 24.7 Å². The minimum atomic E-state index is -3.34. The lowest BCUT2D eigenvalue weighted by molar-refractivity contribution is 0.0670. The first-order chi connectivity index (χ1) is 13.7. The van der Waals surface area contributed by atoms with E-state index in [0.717, 1.165) is 6.42 Å². The van der Waals surface area contributed by atoms with Gasteiger partial charge in [-0.25, -0.2) is 4.98 Å². The second-order valence-electron chi connectivity index (χ2n) is 7.56. The number of aromatic nitrogens is 4. The lowest BCUT2D eigenvalue weighted by Crippen LogP contribution is -2.21. The average Bonchev–Trinajstić information content (AvgIpc) is 3.03. The molecule has 3 rings (SSSR count). The van der Waals surface area contributed by atoms with Crippen LogP contribution in [0.4, 0.5) is 5.95 Å². The number of aromatic amines is 1. The molecule has 2 aromatic rings. The minimum Gasteiger partial charge on any atom is -0.369 e. The smallest absolute Gasteiger partial charge is 0.356 e. The third-order valence-corrected chi connectivity index (χ3v) is 6.24. The van der Waals surface area contributed by atoms with Gasteiger partial charge in [0.05, 0.1) is 30.7 Å². The van der Waals surface area contributed by atoms with Crippen LogP contribution in [0, 0.1) is 0 Å². The standard InChI is InChI=1S/C18H28N5O5P/c1-11(2)27-29(25,28-12(3)4)10-26-14-7-5-13(6-8-14)23-9-20-15-16(23)21-18(19)22-17(15)24/h5,7,9,11-14H,6,8,10H2,1-4H3,(H3,19,21,22,24)/t13-,14+/m0/s1. The van der Waals surface area contributed by atoms with Gasteiger partial charge in [-0.1, -0.05) is 12.2 Å². The Hall–Kier alpha value is -2.00. The van der Waals surface area contributed by atoms with Gasteiger partial charge < -0.3 is 24.1 Å². The third-order valence-electron chi connectivity index (χ3n) is 4.29. The Morgan fingerprint density at radius 3 is 2.52 bits per heavy atom. The van der Waals surface area contributed by atoms with Crippen LogP contribution in [0.1, 0.15) is 46.6 Å². The average molecular weight is 425 g/mol. The summed E-state index contributed by atoms with van der Waals surface area (Å²) in [5, 5.41) is 0. The maximum Gasteiger partial charge on any atom is 0.356 e. The largest absolute Gasteiger partial charge is 0.369 e. The summed E-state index contributed by atoms with van der Waals surface area (Å²) < 4.78 is 31.5. The van der Waals surface area contributed by atoms with E-state index in [4.69, 9.17) is 19.5 Å². The highest BCUT2D eigenvalue weighted by Gasteiger charge is 2.30. The Balaban J connectivity index is 1.68. The van der Waals surface area contributed by atoms with E-state index in [-0.39, 0.29) is 47.7 Å². The summed E-state index contributed by atoms with van der Waals surface area (Å²) in [6, 6.07) is -0.0285. The summed E-state index contributed by atoms with van der Waals surface area (Å²) in [5.74, 6) is 0.0521. The van der Waals surface area contributed by atoms with Crippen LogP contribution in [0.15, 0.2) is 23.3 Å². The molecule has 0 fully saturated rings. The Bertz CT molecular complexity index is 969. The van der Waals surface area contributed by atoms with Crippen molar-refractivity contribution < 1.29 is 18.3 Å². The maximum atomic E-state index is 12.9. The van der Waals surface area contributed by atoms with E-state index in [2.05, 4.69) is 15.0 Å². The van der Waals surface area contributed by atoms with Gasteiger partial charge in [0.1, 0.15) is 6.35 Å². The normalized spacial score (nSPS) is 20.2. The van der Waals surface area contributed by atoms with E-state index in [0.29, 0.717) is 12.1 Å². The zero-order valence-corrected chi connectivity index (χ0v) is 18.0. The quantitative estimate of drug-likeness (QED) is 0.487. The highest BCUT2D eigenvalue weighted by Crippen LogP contribution is 2.50. The van der Waals surface area contributed by atoms with E-state index in [9.17, 15) is 9.36 Å². The first kappa shape index (κ1) is 21.7. The minimum absolute atomic E-state index is 0.0285. The summed E-state index contributed by atoms with van der Waals surface area (Å²) in [4.78, 5) is 22.7. The number of nitrogens with one attached hydrogen (secondary N) is 1. The van der Waals surface area contributed by atoms with Crippen LogP contribution < -0.4 is 11.3 Å². The molecule has 0 aliphatic heterocycles. The molecule has 3 N–H and O–H groups in total. The fourth-order valence-electron chi connectivity index (χ4n) is 3.25. The van der Waals surface area contributed by atoms with E-state index in [1.165, 1.54) is 0 Å². The zero-order valence-electron chi connectivity index (χ0n) is 17.1. The van der Waals surface area contributed by atoms with Gasteiger partial charge in [-0.15, -0.1) is 0 Å². The predicted octanol–water partition coefficient (Wildman–Crippen LogP) is 2.98. The molecule has 0 saturated carbocycles. The molecule has 160 valence electrons. The maximum absolute atomic E-state index is 12.9. The molecule has 0 amide bonds. The number of nitrogen functional groups attached to an aromatic ring is 1. The Kier molecular flexibility index (Phi) is 6.58. The number of nitrogens with two attached hydrogens (primary N) is 1. The number of H-pyrrole nitrogens is 1. The first-order valence-electron chi connectivity index (χ1n) is 9.65. The van der Waals surface area contributed by atoms with Crippen molar-refractivity contribution in [3.63, 3.8) is 0 Å². The molecule has 0 aromatic carbocycles. The van der Waals surface area contributed by atoms with Gasteiger partial charge in [-0.3, -0.25) is 14.3 Å². The van der Waals surface area contributed by atoms with Crippen molar-refractivity contribution in [2.24, 2.45) is 0 Å². The number of imidazole rings is 1. The summed E-state index contributed by atoms with van der Waals surface area (Å²) >= 11 is 0. The summed E-state index contributed by atoms with van der Waals surface area (Å²) in [6.45, 7) is 7.23. The van der Waals surface area contributed by atoms with Gasteiger partial charge in [0, 0.05) is 0 Å². The molecular formula is C18H28N5O5P. The van der Waals surface area contributed by atoms with Crippen LogP contribution in [0.2, 0.25) is 0 Å². The number of hydrogen-bond acceptors (Lipinski definition) is 8. The number of fused-ring (bicyclic) bond motifs is 1. The Labute approximate surface area is 169 Å². The van der Waals surface area contributed by atoms with E-state index >= 15 is 0 Å². The zero-order chi connectivity index (χ0) is 21.2. The number of nitrogens with zero attached hydrogens (tertiary/aromatic N) is 3. The first-order valence-corrected chi connectivity index (χ1v) is 11.4. The highest BCUT2D eigenvalue weighted by molar-refractivity contribution is 7.53. The fourth-order valence-corrected chi connectivity index (χ4v) is 5.08. The molecule has 1 aliphatic carbocycles. The SMILES string of the molecule is CC(C)OP(=O)(CO[C@@H]1C=C[C@H](n2cnc3c(=O)[nH]c(N)nc32)CC1)OC(C)C. The molecule has 0 bridgehead atoms. The number of ether oxygens (including phenoxy) is 1. The number of hydrogen-bond donors (Lipinski definition) is 2. The predicted molar refractivity (Wildman–Crippen MR) is 110 cm³/mol. The van der Waals surface area contributed by atoms with E-state index in [1.54, 1.807) is 6.33 Å². The number of allylic oxidation sites excluding steroid dienone is 1. The van der Waals surface area contributed by atoms with Crippen molar-refractivity contribution in [2.45, 2.75) is 64.9 Å². The lowest BCUT2D eigenvalue weighted by Gasteiger charge is -2.27. The Morgan fingerprint density at radius 2 is 1.93 bits per heavy atom. The van der Waals surface area contributed by atoms with Crippen molar-refractivity contribution in [1.29, 1.82) is 0 Å². The monoisotopic (exact) mass is 425 g/mol. The molecule has 11 heteroatoms. The highest BCUT2D eigenvalue weighted by atomic mass is 31.2. The van der Waals surface area contributed by atoms with Crippen LogP contribution >= 0.6 is 7.60 Å². The topological polar surface area (TPSA) is 134 Å². The van der Waals surface area contributed by atoms with Crippen LogP contribution in [0.3, 0.4) is 0 Å². The molecule has 0 radical (unpaired) electrons. The molecule has 29 heavy (non-hydrogen) atoms. The van der Waals surface area contributed by atoms with Gasteiger partial charge >= 0.3 is 7.60 Å². The van der Waals surface area contributed by atoms with E-state index < -0.39 is 7.60 Å². The summed E-state index contributed by atoms with van der Waals surface area (Å²) in [7, 11) is -3.34. The van der Waals surface area contributed by atoms with Crippen LogP contribution in [0.5, 0.6) is 0 Å². The summed E-state index contributed by atoms with van der Waals surface area (Å²) in [5.41, 5.74) is 5.99. The van der Waals surface area contributed by atoms with Crippen LogP contribution in [0.25, 0.3) is 11.2 Å². The van der Waals surface area contributed by atoms with Crippen molar-refractivity contribution in [3.8, 4) is 0 Å². The van der Waals surface area contributed by atoms with Crippen molar-refractivity contribution in [1.82, 2.24) is 19.5 Å². The molecule has 0 spiro atoms. The molecule has 1 aliphatic rings. The van der Waals surface area contributed by atoms with Gasteiger partial charge in [0.2, 0.25) is 5.95 Å². The summed E-state index contributed by atoms with van der Waals surface area (Å²) in [6.07, 6.45) is 6.12. The molecule has 2 atom stereocenters. The molecule has 2 aromatic heterocycles. The van der Waals surface area contributed by atoms with Crippen molar-refractivity contribution in [2.75, 3.05) is 12.1 Å². The number of rotatable bonds is 8. The van der Waals surface area contributed by atoms with Crippen molar-refractivity contribution in [3.05, 3.63) is 28.8 Å². The van der Waals surface area contributed by atoms with E-state index in [1.807, 2.05) is 44.4 Å². The van der Waals surface area contributed by atoms with Gasteiger partial charge in [-0.05, 0) is 40.5 Å². The molecule has 2 heterocycles. The molecular weight excluding hydrogens is 397 g/mol. The third kappa shape index (κ3) is 5.33. The second-order valence-corrected chi connectivity index (χ2v) is 9.46. The molecule has 10 nitrogen and oxygen atoms in total. The van der Waals surface area contributed by atoms with Crippen LogP contribution in [-0.4, -0.2) is 44.2 Å². The molecule has 0 saturated heterocycles. The van der Waals surface area contributed by atoms with Gasteiger partial charge in [-0.2, -0.15) is 4.98 Å². The fraction of sp³-hybridized carbons (Fsp3) is 0.611.